The van der Waals surface area contributed by atoms with Crippen molar-refractivity contribution in [3.05, 3.63) is 0 Å². The molecule has 1 heterocycles. The molecule has 0 amide bonds. The van der Waals surface area contributed by atoms with Gasteiger partial charge in [0.2, 0.25) is 0 Å². The quantitative estimate of drug-likeness (QED) is 0.597. The summed E-state index contributed by atoms with van der Waals surface area (Å²) in [6.45, 7) is 0. The number of thioether (sulfide) groups is 1. The first kappa shape index (κ1) is 7.35. The van der Waals surface area contributed by atoms with Crippen LogP contribution in [0.15, 0.2) is 0 Å². The fraction of sp³-hybridized carbons (Fsp3) is 0.750. The molecule has 2 nitrogen and oxygen atoms in total. The highest BCUT2D eigenvalue weighted by Gasteiger charge is 2.39. The predicted molar refractivity (Wildman–Crippen MR) is 46.3 cm³/mol. The Morgan fingerprint density at radius 1 is 1.45 bits per heavy atom. The number of rotatable bonds is 0. The maximum Gasteiger partial charge on any atom is 0.146 e. The van der Waals surface area contributed by atoms with Gasteiger partial charge in [-0.2, -0.15) is 0 Å². The molecular formula is C8H11NOS. The van der Waals surface area contributed by atoms with Crippen LogP contribution in [0.5, 0.6) is 0 Å². The lowest BCUT2D eigenvalue weighted by Gasteiger charge is -2.23. The van der Waals surface area contributed by atoms with Crippen LogP contribution in [0.3, 0.4) is 0 Å². The molecule has 1 aliphatic carbocycles. The SMILES string of the molecule is N=C1CCC(=O)C2SCCC12. The first-order chi connectivity index (χ1) is 5.29. The Kier molecular flexibility index (Phi) is 1.75. The van der Waals surface area contributed by atoms with Gasteiger partial charge in [0.1, 0.15) is 5.78 Å². The van der Waals surface area contributed by atoms with E-state index in [1.165, 1.54) is 0 Å². The molecule has 3 heteroatoms. The summed E-state index contributed by atoms with van der Waals surface area (Å²) >= 11 is 1.75. The van der Waals surface area contributed by atoms with Crippen molar-refractivity contribution in [3.8, 4) is 0 Å². The molecule has 0 bridgehead atoms. The average Bonchev–Trinajstić information content (AvgIpc) is 2.45. The van der Waals surface area contributed by atoms with E-state index in [0.717, 1.165) is 24.3 Å². The summed E-state index contributed by atoms with van der Waals surface area (Å²) in [4.78, 5) is 11.3. The molecule has 0 radical (unpaired) electrons. The molecule has 0 aromatic rings. The highest BCUT2D eigenvalue weighted by molar-refractivity contribution is 8.00. The van der Waals surface area contributed by atoms with Crippen LogP contribution in [-0.4, -0.2) is 22.5 Å². The topological polar surface area (TPSA) is 40.9 Å². The first-order valence-corrected chi connectivity index (χ1v) is 5.05. The third-order valence-electron chi connectivity index (χ3n) is 2.50. The minimum absolute atomic E-state index is 0.163. The van der Waals surface area contributed by atoms with Crippen LogP contribution >= 0.6 is 11.8 Å². The zero-order chi connectivity index (χ0) is 7.84. The lowest BCUT2D eigenvalue weighted by Crippen LogP contribution is -2.33. The van der Waals surface area contributed by atoms with Gasteiger partial charge in [0.25, 0.3) is 0 Å². The highest BCUT2D eigenvalue weighted by atomic mass is 32.2. The molecule has 11 heavy (non-hydrogen) atoms. The van der Waals surface area contributed by atoms with Crippen LogP contribution in [0.1, 0.15) is 19.3 Å². The van der Waals surface area contributed by atoms with Gasteiger partial charge in [0.05, 0.1) is 5.25 Å². The van der Waals surface area contributed by atoms with Crippen LogP contribution in [0.4, 0.5) is 0 Å². The average molecular weight is 169 g/mol. The summed E-state index contributed by atoms with van der Waals surface area (Å²) in [5.74, 6) is 1.76. The molecule has 2 rings (SSSR count). The minimum atomic E-state index is 0.163. The van der Waals surface area contributed by atoms with Gasteiger partial charge in [0.15, 0.2) is 0 Å². The van der Waals surface area contributed by atoms with Crippen LogP contribution in [0.25, 0.3) is 0 Å². The summed E-state index contributed by atoms with van der Waals surface area (Å²) in [6.07, 6.45) is 2.40. The third-order valence-corrected chi connectivity index (χ3v) is 3.92. The Morgan fingerprint density at radius 3 is 3.00 bits per heavy atom. The molecular weight excluding hydrogens is 158 g/mol. The maximum absolute atomic E-state index is 11.3. The summed E-state index contributed by atoms with van der Waals surface area (Å²) in [5, 5.41) is 7.80. The Balaban J connectivity index is 2.20. The maximum atomic E-state index is 11.3. The van der Waals surface area contributed by atoms with Crippen LogP contribution in [0, 0.1) is 11.3 Å². The van der Waals surface area contributed by atoms with E-state index in [0.29, 0.717) is 18.1 Å². The van der Waals surface area contributed by atoms with Crippen molar-refractivity contribution in [2.45, 2.75) is 24.5 Å². The molecule has 2 aliphatic rings. The normalized spacial score (nSPS) is 37.5. The number of hydrogen-bond acceptors (Lipinski definition) is 3. The van der Waals surface area contributed by atoms with E-state index in [2.05, 4.69) is 0 Å². The van der Waals surface area contributed by atoms with Crippen molar-refractivity contribution in [2.75, 3.05) is 5.75 Å². The van der Waals surface area contributed by atoms with Crippen molar-refractivity contribution in [1.29, 1.82) is 5.41 Å². The molecule has 60 valence electrons. The molecule has 0 aromatic heterocycles. The second-order valence-electron chi connectivity index (χ2n) is 3.18. The van der Waals surface area contributed by atoms with Crippen molar-refractivity contribution < 1.29 is 4.79 Å². The number of carbonyl (C=O) groups excluding carboxylic acids is 1. The van der Waals surface area contributed by atoms with E-state index < -0.39 is 0 Å². The molecule has 1 N–H and O–H groups in total. The van der Waals surface area contributed by atoms with Crippen LogP contribution in [0.2, 0.25) is 0 Å². The monoisotopic (exact) mass is 169 g/mol. The van der Waals surface area contributed by atoms with E-state index in [9.17, 15) is 4.79 Å². The molecule has 2 atom stereocenters. The summed E-state index contributed by atoms with van der Waals surface area (Å²) < 4.78 is 0. The Morgan fingerprint density at radius 2 is 2.27 bits per heavy atom. The number of hydrogen-bond donors (Lipinski definition) is 1. The van der Waals surface area contributed by atoms with Crippen molar-refractivity contribution in [1.82, 2.24) is 0 Å². The molecule has 1 saturated heterocycles. The number of ketones is 1. The first-order valence-electron chi connectivity index (χ1n) is 4.00. The Labute approximate surface area is 70.3 Å². The Bertz CT molecular complexity index is 192. The highest BCUT2D eigenvalue weighted by Crippen LogP contribution is 2.38. The minimum Gasteiger partial charge on any atom is -0.309 e. The number of nitrogens with one attached hydrogen (secondary N) is 1. The van der Waals surface area contributed by atoms with Gasteiger partial charge in [-0.1, -0.05) is 0 Å². The lowest BCUT2D eigenvalue weighted by molar-refractivity contribution is -0.119. The molecule has 0 spiro atoms. The zero-order valence-corrected chi connectivity index (χ0v) is 7.12. The predicted octanol–water partition coefficient (Wildman–Crippen LogP) is 1.49. The van der Waals surface area contributed by atoms with E-state index in [1.807, 2.05) is 0 Å². The Hall–Kier alpha value is -0.310. The van der Waals surface area contributed by atoms with Gasteiger partial charge in [-0.15, -0.1) is 11.8 Å². The number of carbonyl (C=O) groups is 1. The summed E-state index contributed by atoms with van der Waals surface area (Å²) in [6, 6.07) is 0. The largest absolute Gasteiger partial charge is 0.309 e. The standard InChI is InChI=1S/C8H11NOS/c9-6-1-2-7(10)8-5(6)3-4-11-8/h5,8-9H,1-4H2. The summed E-state index contributed by atoms with van der Waals surface area (Å²) in [7, 11) is 0. The van der Waals surface area contributed by atoms with Crippen LogP contribution < -0.4 is 0 Å². The number of Topliss-reactive ketones (excluding diaryl/α,β-unsaturated/α-hetero) is 1. The van der Waals surface area contributed by atoms with Gasteiger partial charge in [0, 0.05) is 18.1 Å². The molecule has 1 saturated carbocycles. The van der Waals surface area contributed by atoms with Crippen molar-refractivity contribution in [2.24, 2.45) is 5.92 Å². The number of fused-ring (bicyclic) bond motifs is 1. The van der Waals surface area contributed by atoms with Crippen molar-refractivity contribution in [3.63, 3.8) is 0 Å². The fourth-order valence-electron chi connectivity index (χ4n) is 1.85. The molecule has 1 aliphatic heterocycles. The second-order valence-corrected chi connectivity index (χ2v) is 4.43. The second kappa shape index (κ2) is 2.63. The van der Waals surface area contributed by atoms with Gasteiger partial charge < -0.3 is 5.41 Å². The summed E-state index contributed by atoms with van der Waals surface area (Å²) in [5.41, 5.74) is 0.819. The van der Waals surface area contributed by atoms with Crippen LogP contribution in [-0.2, 0) is 4.79 Å². The van der Waals surface area contributed by atoms with Gasteiger partial charge >= 0.3 is 0 Å². The fourth-order valence-corrected chi connectivity index (χ4v) is 3.33. The van der Waals surface area contributed by atoms with Gasteiger partial charge in [-0.3, -0.25) is 4.79 Å². The molecule has 0 aromatic carbocycles. The van der Waals surface area contributed by atoms with E-state index in [4.69, 9.17) is 5.41 Å². The van der Waals surface area contributed by atoms with Gasteiger partial charge in [-0.25, -0.2) is 0 Å². The molecule has 2 fully saturated rings. The van der Waals surface area contributed by atoms with E-state index >= 15 is 0 Å². The molecule has 2 unspecified atom stereocenters. The third kappa shape index (κ3) is 1.11. The van der Waals surface area contributed by atoms with Crippen molar-refractivity contribution >= 4 is 23.3 Å². The van der Waals surface area contributed by atoms with E-state index in [-0.39, 0.29) is 5.25 Å². The lowest BCUT2D eigenvalue weighted by atomic mass is 9.85. The smallest absolute Gasteiger partial charge is 0.146 e. The zero-order valence-electron chi connectivity index (χ0n) is 6.30. The van der Waals surface area contributed by atoms with E-state index in [1.54, 1.807) is 11.8 Å². The van der Waals surface area contributed by atoms with Gasteiger partial charge in [-0.05, 0) is 18.6 Å².